The van der Waals surface area contributed by atoms with Crippen LogP contribution in [0.25, 0.3) is 0 Å². The Morgan fingerprint density at radius 1 is 1.20 bits per heavy atom. The van der Waals surface area contributed by atoms with E-state index in [1.54, 1.807) is 30.6 Å². The van der Waals surface area contributed by atoms with Crippen molar-refractivity contribution in [2.75, 3.05) is 19.7 Å². The van der Waals surface area contributed by atoms with Crippen LogP contribution < -0.4 is 0 Å². The fourth-order valence-electron chi connectivity index (χ4n) is 3.12. The number of carbonyl (C=O) groups excluding carboxylic acids is 1. The maximum Gasteiger partial charge on any atom is 0.255 e. The molecule has 0 aliphatic carbocycles. The van der Waals surface area contributed by atoms with E-state index >= 15 is 0 Å². The fourth-order valence-corrected chi connectivity index (χ4v) is 3.12. The number of amides is 1. The smallest absolute Gasteiger partial charge is 0.255 e. The Balaban J connectivity index is 1.35. The molecule has 1 amide bonds. The van der Waals surface area contributed by atoms with Crippen molar-refractivity contribution < 1.29 is 13.9 Å². The summed E-state index contributed by atoms with van der Waals surface area (Å²) < 4.78 is 18.5. The van der Waals surface area contributed by atoms with Crippen molar-refractivity contribution >= 4 is 5.91 Å². The van der Waals surface area contributed by atoms with Gasteiger partial charge in [0.05, 0.1) is 12.2 Å². The molecule has 5 heteroatoms. The topological polar surface area (TPSA) is 42.4 Å². The van der Waals surface area contributed by atoms with Gasteiger partial charge < -0.3 is 9.64 Å². The van der Waals surface area contributed by atoms with Crippen molar-refractivity contribution in [3.8, 4) is 0 Å². The van der Waals surface area contributed by atoms with Gasteiger partial charge in [0.25, 0.3) is 5.91 Å². The van der Waals surface area contributed by atoms with E-state index in [0.29, 0.717) is 24.7 Å². The third-order valence-electron chi connectivity index (χ3n) is 4.66. The average Bonchev–Trinajstić information content (AvgIpc) is 2.67. The lowest BCUT2D eigenvalue weighted by Gasteiger charge is -2.32. The van der Waals surface area contributed by atoms with Gasteiger partial charge >= 0.3 is 0 Å². The predicted octanol–water partition coefficient (Wildman–Crippen LogP) is 3.68. The van der Waals surface area contributed by atoms with Gasteiger partial charge in [0.1, 0.15) is 5.82 Å². The van der Waals surface area contributed by atoms with E-state index in [2.05, 4.69) is 4.98 Å². The van der Waals surface area contributed by atoms with Gasteiger partial charge in [0.2, 0.25) is 0 Å². The van der Waals surface area contributed by atoms with Crippen LogP contribution in [0.15, 0.2) is 48.8 Å². The van der Waals surface area contributed by atoms with Crippen LogP contribution in [0.4, 0.5) is 4.39 Å². The number of carbonyl (C=O) groups is 1. The van der Waals surface area contributed by atoms with Crippen molar-refractivity contribution in [3.05, 3.63) is 65.7 Å². The normalized spacial score (nSPS) is 15.3. The van der Waals surface area contributed by atoms with E-state index in [1.165, 1.54) is 12.1 Å². The monoisotopic (exact) mass is 342 g/mol. The van der Waals surface area contributed by atoms with Crippen molar-refractivity contribution in [1.82, 2.24) is 9.88 Å². The van der Waals surface area contributed by atoms with Crippen molar-refractivity contribution in [1.29, 1.82) is 0 Å². The summed E-state index contributed by atoms with van der Waals surface area (Å²) in [6, 6.07) is 10.0. The molecule has 25 heavy (non-hydrogen) atoms. The molecule has 0 saturated carbocycles. The van der Waals surface area contributed by atoms with E-state index in [-0.39, 0.29) is 11.7 Å². The fraction of sp³-hybridized carbons (Fsp3) is 0.400. The molecule has 0 spiro atoms. The molecule has 0 N–H and O–H groups in total. The lowest BCUT2D eigenvalue weighted by atomic mass is 9.93. The maximum absolute atomic E-state index is 12.8. The van der Waals surface area contributed by atoms with Crippen LogP contribution in [-0.4, -0.2) is 35.5 Å². The molecular weight excluding hydrogens is 319 g/mol. The van der Waals surface area contributed by atoms with Crippen LogP contribution >= 0.6 is 0 Å². The number of pyridine rings is 1. The number of piperidine rings is 1. The first-order valence-electron chi connectivity index (χ1n) is 8.74. The zero-order chi connectivity index (χ0) is 17.5. The number of nitrogens with zero attached hydrogens (tertiary/aromatic N) is 2. The summed E-state index contributed by atoms with van der Waals surface area (Å²) in [5.41, 5.74) is 1.64. The van der Waals surface area contributed by atoms with Gasteiger partial charge in [-0.05, 0) is 55.0 Å². The Morgan fingerprint density at radius 2 is 1.96 bits per heavy atom. The molecule has 132 valence electrons. The third kappa shape index (κ3) is 5.10. The quantitative estimate of drug-likeness (QED) is 0.752. The first kappa shape index (κ1) is 17.5. The minimum Gasteiger partial charge on any atom is -0.377 e. The van der Waals surface area contributed by atoms with Gasteiger partial charge in [-0.2, -0.15) is 0 Å². The highest BCUT2D eigenvalue weighted by atomic mass is 19.1. The van der Waals surface area contributed by atoms with E-state index in [0.717, 1.165) is 37.9 Å². The zero-order valence-corrected chi connectivity index (χ0v) is 14.2. The molecule has 1 aromatic carbocycles. The summed E-state index contributed by atoms with van der Waals surface area (Å²) in [7, 11) is 0. The molecular formula is C20H23FN2O2. The third-order valence-corrected chi connectivity index (χ3v) is 4.66. The van der Waals surface area contributed by atoms with E-state index in [9.17, 15) is 9.18 Å². The highest BCUT2D eigenvalue weighted by Crippen LogP contribution is 2.22. The molecule has 3 rings (SSSR count). The van der Waals surface area contributed by atoms with Crippen LogP contribution in [-0.2, 0) is 11.3 Å². The van der Waals surface area contributed by atoms with Gasteiger partial charge in [-0.25, -0.2) is 4.39 Å². The molecule has 1 fully saturated rings. The number of benzene rings is 1. The minimum atomic E-state index is -0.226. The number of halogens is 1. The molecule has 1 aromatic heterocycles. The van der Waals surface area contributed by atoms with Crippen LogP contribution in [0.3, 0.4) is 0 Å². The largest absolute Gasteiger partial charge is 0.377 e. The summed E-state index contributed by atoms with van der Waals surface area (Å²) in [6.45, 7) is 2.78. The number of rotatable bonds is 6. The number of likely N-dealkylation sites (tertiary alicyclic amines) is 1. The van der Waals surface area contributed by atoms with Crippen LogP contribution in [0, 0.1) is 11.7 Å². The Kier molecular flexibility index (Phi) is 6.12. The summed E-state index contributed by atoms with van der Waals surface area (Å²) in [5, 5.41) is 0. The second-order valence-electron chi connectivity index (χ2n) is 6.45. The lowest BCUT2D eigenvalue weighted by Crippen LogP contribution is -2.38. The van der Waals surface area contributed by atoms with Crippen LogP contribution in [0.5, 0.6) is 0 Å². The van der Waals surface area contributed by atoms with Crippen molar-refractivity contribution in [2.24, 2.45) is 5.92 Å². The first-order valence-corrected chi connectivity index (χ1v) is 8.74. The average molecular weight is 342 g/mol. The van der Waals surface area contributed by atoms with E-state index in [4.69, 9.17) is 4.74 Å². The van der Waals surface area contributed by atoms with Gasteiger partial charge in [-0.3, -0.25) is 9.78 Å². The number of aromatic nitrogens is 1. The molecule has 4 nitrogen and oxygen atoms in total. The molecule has 2 aromatic rings. The maximum atomic E-state index is 12.8. The summed E-state index contributed by atoms with van der Waals surface area (Å²) >= 11 is 0. The standard InChI is InChI=1S/C20H23FN2O2/c21-19-5-3-17(4-6-19)15-25-13-9-16-7-11-23(12-8-16)20(24)18-2-1-10-22-14-18/h1-6,10,14,16H,7-9,11-13,15H2. The van der Waals surface area contributed by atoms with Gasteiger partial charge in [0, 0.05) is 32.1 Å². The van der Waals surface area contributed by atoms with Gasteiger partial charge in [0.15, 0.2) is 0 Å². The van der Waals surface area contributed by atoms with E-state index in [1.807, 2.05) is 11.0 Å². The number of hydrogen-bond acceptors (Lipinski definition) is 3. The molecule has 2 heterocycles. The Hall–Kier alpha value is -2.27. The SMILES string of the molecule is O=C(c1cccnc1)N1CCC(CCOCc2ccc(F)cc2)CC1. The number of hydrogen-bond donors (Lipinski definition) is 0. The minimum absolute atomic E-state index is 0.0686. The summed E-state index contributed by atoms with van der Waals surface area (Å²) in [4.78, 5) is 18.3. The molecule has 0 atom stereocenters. The zero-order valence-electron chi connectivity index (χ0n) is 14.2. The Labute approximate surface area is 147 Å². The van der Waals surface area contributed by atoms with Crippen LogP contribution in [0.1, 0.15) is 35.2 Å². The highest BCUT2D eigenvalue weighted by Gasteiger charge is 2.23. The summed E-state index contributed by atoms with van der Waals surface area (Å²) in [5.74, 6) is 0.432. The number of ether oxygens (including phenoxy) is 1. The lowest BCUT2D eigenvalue weighted by molar-refractivity contribution is 0.0638. The van der Waals surface area contributed by atoms with E-state index < -0.39 is 0 Å². The first-order chi connectivity index (χ1) is 12.2. The molecule has 0 unspecified atom stereocenters. The second-order valence-corrected chi connectivity index (χ2v) is 6.45. The van der Waals surface area contributed by atoms with Crippen LogP contribution in [0.2, 0.25) is 0 Å². The summed E-state index contributed by atoms with van der Waals surface area (Å²) in [6.07, 6.45) is 6.31. The molecule has 1 aliphatic heterocycles. The van der Waals surface area contributed by atoms with Crippen molar-refractivity contribution in [2.45, 2.75) is 25.9 Å². The van der Waals surface area contributed by atoms with Crippen molar-refractivity contribution in [3.63, 3.8) is 0 Å². The molecule has 0 radical (unpaired) electrons. The Morgan fingerprint density at radius 3 is 2.64 bits per heavy atom. The molecule has 1 aliphatic rings. The molecule has 1 saturated heterocycles. The Bertz CT molecular complexity index is 668. The predicted molar refractivity (Wildman–Crippen MR) is 93.5 cm³/mol. The van der Waals surface area contributed by atoms with Gasteiger partial charge in [-0.15, -0.1) is 0 Å². The van der Waals surface area contributed by atoms with Gasteiger partial charge in [-0.1, -0.05) is 12.1 Å². The highest BCUT2D eigenvalue weighted by molar-refractivity contribution is 5.93. The second kappa shape index (κ2) is 8.72. The molecule has 0 bridgehead atoms.